The van der Waals surface area contributed by atoms with E-state index < -0.39 is 0 Å². The fourth-order valence-corrected chi connectivity index (χ4v) is 5.35. The van der Waals surface area contributed by atoms with Gasteiger partial charge in [0.2, 0.25) is 11.8 Å². The average Bonchev–Trinajstić information content (AvgIpc) is 2.92. The van der Waals surface area contributed by atoms with Crippen LogP contribution in [0.5, 0.6) is 11.5 Å². The van der Waals surface area contributed by atoms with E-state index in [2.05, 4.69) is 12.2 Å². The van der Waals surface area contributed by atoms with Crippen molar-refractivity contribution in [1.29, 1.82) is 0 Å². The van der Waals surface area contributed by atoms with E-state index in [0.29, 0.717) is 32.5 Å². The predicted octanol–water partition coefficient (Wildman–Crippen LogP) is 7.06. The van der Waals surface area contributed by atoms with Crippen LogP contribution in [0.15, 0.2) is 42.5 Å². The Kier molecular flexibility index (Phi) is 10.3. The van der Waals surface area contributed by atoms with Crippen LogP contribution in [-0.4, -0.2) is 31.1 Å². The van der Waals surface area contributed by atoms with Gasteiger partial charge in [0.05, 0.1) is 18.9 Å². The molecule has 2 aromatic carbocycles. The highest BCUT2D eigenvalue weighted by molar-refractivity contribution is 5.95. The van der Waals surface area contributed by atoms with E-state index in [4.69, 9.17) is 9.47 Å². The van der Waals surface area contributed by atoms with Crippen molar-refractivity contribution < 1.29 is 19.1 Å². The molecule has 1 aliphatic carbocycles. The maximum atomic E-state index is 13.6. The third-order valence-corrected chi connectivity index (χ3v) is 7.36. The third-order valence-electron chi connectivity index (χ3n) is 7.36. The van der Waals surface area contributed by atoms with Crippen LogP contribution in [0.2, 0.25) is 0 Å². The van der Waals surface area contributed by atoms with Gasteiger partial charge in [-0.1, -0.05) is 57.6 Å². The monoisotopic (exact) mass is 506 g/mol. The molecule has 200 valence electrons. The van der Waals surface area contributed by atoms with E-state index in [1.54, 1.807) is 0 Å². The summed E-state index contributed by atoms with van der Waals surface area (Å²) in [6, 6.07) is 14.0. The van der Waals surface area contributed by atoms with Gasteiger partial charge in [-0.2, -0.15) is 0 Å². The molecule has 2 aliphatic rings. The number of fused-ring (bicyclic) bond motifs is 1. The highest BCUT2D eigenvalue weighted by Crippen LogP contribution is 2.35. The van der Waals surface area contributed by atoms with Gasteiger partial charge < -0.3 is 19.7 Å². The number of unbranched alkanes of at least 4 members (excludes halogenated alkanes) is 3. The predicted molar refractivity (Wildman–Crippen MR) is 149 cm³/mol. The van der Waals surface area contributed by atoms with Crippen molar-refractivity contribution in [2.45, 2.75) is 96.4 Å². The van der Waals surface area contributed by atoms with E-state index in [1.165, 1.54) is 25.7 Å². The Morgan fingerprint density at radius 3 is 2.59 bits per heavy atom. The Morgan fingerprint density at radius 1 is 0.946 bits per heavy atom. The van der Waals surface area contributed by atoms with Gasteiger partial charge in [0, 0.05) is 24.6 Å². The minimum atomic E-state index is 0.0608. The van der Waals surface area contributed by atoms with Crippen LogP contribution in [0.1, 0.15) is 89.5 Å². The topological polar surface area (TPSA) is 67.9 Å². The highest BCUT2D eigenvalue weighted by Gasteiger charge is 2.28. The molecule has 1 aliphatic heterocycles. The minimum Gasteiger partial charge on any atom is -0.494 e. The van der Waals surface area contributed by atoms with Gasteiger partial charge in [0.1, 0.15) is 11.5 Å². The molecule has 0 saturated heterocycles. The van der Waals surface area contributed by atoms with Gasteiger partial charge in [0.15, 0.2) is 0 Å². The molecular weight excluding hydrogens is 464 g/mol. The second kappa shape index (κ2) is 14.1. The summed E-state index contributed by atoms with van der Waals surface area (Å²) >= 11 is 0. The summed E-state index contributed by atoms with van der Waals surface area (Å²) in [5, 5.41) is 2.90. The van der Waals surface area contributed by atoms with Gasteiger partial charge in [-0.05, 0) is 68.0 Å². The number of hydrogen-bond donors (Lipinski definition) is 1. The third kappa shape index (κ3) is 7.73. The van der Waals surface area contributed by atoms with Crippen LogP contribution in [0, 0.1) is 0 Å². The zero-order valence-corrected chi connectivity index (χ0v) is 22.3. The van der Waals surface area contributed by atoms with Gasteiger partial charge >= 0.3 is 0 Å². The molecule has 0 spiro atoms. The molecule has 6 nitrogen and oxygen atoms in total. The van der Waals surface area contributed by atoms with Gasteiger partial charge in [-0.3, -0.25) is 9.59 Å². The number of amides is 2. The molecular formula is C31H42N2O4. The number of nitrogens with one attached hydrogen (secondary N) is 1. The molecule has 1 N–H and O–H groups in total. The molecule has 1 saturated carbocycles. The molecule has 4 rings (SSSR count). The smallest absolute Gasteiger partial charge is 0.227 e. The normalized spacial score (nSPS) is 15.5. The number of carbonyl (C=O) groups excluding carboxylic acids is 2. The molecule has 0 radical (unpaired) electrons. The first-order chi connectivity index (χ1) is 18.2. The van der Waals surface area contributed by atoms with Crippen molar-refractivity contribution in [2.75, 3.05) is 23.4 Å². The lowest BCUT2D eigenvalue weighted by Gasteiger charge is -2.35. The second-order valence-corrected chi connectivity index (χ2v) is 10.3. The van der Waals surface area contributed by atoms with Gasteiger partial charge in [-0.25, -0.2) is 0 Å². The average molecular weight is 507 g/mol. The number of ether oxygens (including phenoxy) is 2. The molecule has 1 fully saturated rings. The maximum Gasteiger partial charge on any atom is 0.227 e. The number of aryl methyl sites for hydroxylation is 1. The number of benzene rings is 2. The van der Waals surface area contributed by atoms with Crippen molar-refractivity contribution in [2.24, 2.45) is 0 Å². The molecule has 6 heteroatoms. The second-order valence-electron chi connectivity index (χ2n) is 10.3. The van der Waals surface area contributed by atoms with Crippen molar-refractivity contribution in [3.63, 3.8) is 0 Å². The Hall–Kier alpha value is -3.02. The van der Waals surface area contributed by atoms with Gasteiger partial charge in [0.25, 0.3) is 0 Å². The summed E-state index contributed by atoms with van der Waals surface area (Å²) in [4.78, 5) is 27.2. The van der Waals surface area contributed by atoms with E-state index >= 15 is 0 Å². The lowest BCUT2D eigenvalue weighted by Crippen LogP contribution is -2.42. The Morgan fingerprint density at radius 2 is 1.76 bits per heavy atom. The van der Waals surface area contributed by atoms with Crippen LogP contribution >= 0.6 is 0 Å². The number of rotatable bonds is 13. The molecule has 2 amide bonds. The standard InChI is InChI=1S/C31H42N2O4/c1-2-3-4-10-21-37-29-15-9-8-14-28(29)33(25-12-6-5-7-13-25)31(35)16-11-22-36-26-18-19-27-24(23-26)17-20-30(34)32-27/h8-9,14-15,18-19,23,25H,2-7,10-13,16-17,20-22H2,1H3,(H,32,34). The molecule has 2 aromatic rings. The van der Waals surface area contributed by atoms with Crippen molar-refractivity contribution in [1.82, 2.24) is 0 Å². The van der Waals surface area contributed by atoms with Crippen LogP contribution in [0.4, 0.5) is 11.4 Å². The summed E-state index contributed by atoms with van der Waals surface area (Å²) in [5.41, 5.74) is 2.88. The molecule has 0 bridgehead atoms. The highest BCUT2D eigenvalue weighted by atomic mass is 16.5. The molecule has 0 aromatic heterocycles. The number of anilines is 2. The summed E-state index contributed by atoms with van der Waals surface area (Å²) in [6.07, 6.45) is 12.6. The van der Waals surface area contributed by atoms with E-state index in [-0.39, 0.29) is 17.9 Å². The molecule has 1 heterocycles. The van der Waals surface area contributed by atoms with Gasteiger partial charge in [-0.15, -0.1) is 0 Å². The quantitative estimate of drug-likeness (QED) is 0.295. The van der Waals surface area contributed by atoms with Crippen molar-refractivity contribution in [3.05, 3.63) is 48.0 Å². The molecule has 37 heavy (non-hydrogen) atoms. The van der Waals surface area contributed by atoms with Crippen molar-refractivity contribution in [3.8, 4) is 11.5 Å². The van der Waals surface area contributed by atoms with Crippen LogP contribution in [0.3, 0.4) is 0 Å². The number of carbonyl (C=O) groups is 2. The summed E-state index contributed by atoms with van der Waals surface area (Å²) in [7, 11) is 0. The van der Waals surface area contributed by atoms with E-state index in [9.17, 15) is 9.59 Å². The molecule has 0 atom stereocenters. The summed E-state index contributed by atoms with van der Waals surface area (Å²) < 4.78 is 12.2. The lowest BCUT2D eigenvalue weighted by atomic mass is 9.93. The van der Waals surface area contributed by atoms with Crippen LogP contribution in [-0.2, 0) is 16.0 Å². The lowest BCUT2D eigenvalue weighted by molar-refractivity contribution is -0.119. The Balaban J connectivity index is 1.36. The van der Waals surface area contributed by atoms with E-state index in [0.717, 1.165) is 67.0 Å². The zero-order valence-electron chi connectivity index (χ0n) is 22.3. The minimum absolute atomic E-state index is 0.0608. The SMILES string of the molecule is CCCCCCOc1ccccc1N(C(=O)CCCOc1ccc2c(c1)CCC(=O)N2)C1CCCCC1. The Bertz CT molecular complexity index is 1030. The first-order valence-corrected chi connectivity index (χ1v) is 14.2. The summed E-state index contributed by atoms with van der Waals surface area (Å²) in [6.45, 7) is 3.37. The van der Waals surface area contributed by atoms with Crippen LogP contribution < -0.4 is 19.7 Å². The summed E-state index contributed by atoms with van der Waals surface area (Å²) in [5.74, 6) is 1.81. The van der Waals surface area contributed by atoms with E-state index in [1.807, 2.05) is 47.4 Å². The fourth-order valence-electron chi connectivity index (χ4n) is 5.35. The largest absolute Gasteiger partial charge is 0.494 e. The maximum absolute atomic E-state index is 13.6. The zero-order chi connectivity index (χ0) is 25.9. The van der Waals surface area contributed by atoms with Crippen molar-refractivity contribution >= 4 is 23.2 Å². The first kappa shape index (κ1) is 27.0. The number of para-hydroxylation sites is 2. The fraction of sp³-hybridized carbons (Fsp3) is 0.548. The Labute approximate surface area is 221 Å². The molecule has 0 unspecified atom stereocenters. The first-order valence-electron chi connectivity index (χ1n) is 14.2. The number of nitrogens with zero attached hydrogens (tertiary/aromatic N) is 1. The van der Waals surface area contributed by atoms with Crippen LogP contribution in [0.25, 0.3) is 0 Å². The number of hydrogen-bond acceptors (Lipinski definition) is 4.